The number of aromatic nitrogens is 2. The molecule has 0 saturated carbocycles. The Morgan fingerprint density at radius 1 is 1.17 bits per heavy atom. The lowest BCUT2D eigenvalue weighted by Gasteiger charge is -2.44. The van der Waals surface area contributed by atoms with Crippen molar-refractivity contribution in [3.63, 3.8) is 0 Å². The zero-order chi connectivity index (χ0) is 26.2. The van der Waals surface area contributed by atoms with Gasteiger partial charge in [0.25, 0.3) is 0 Å². The predicted octanol–water partition coefficient (Wildman–Crippen LogP) is 5.58. The fourth-order valence-electron chi connectivity index (χ4n) is 4.92. The first-order valence-electron chi connectivity index (χ1n) is 12.5. The summed E-state index contributed by atoms with van der Waals surface area (Å²) in [6, 6.07) is 11.7. The molecule has 1 aliphatic heterocycles. The van der Waals surface area contributed by atoms with Crippen LogP contribution in [-0.2, 0) is 4.79 Å². The Kier molecular flexibility index (Phi) is 6.98. The number of anilines is 1. The number of hydrogen-bond acceptors (Lipinski definition) is 4. The lowest BCUT2D eigenvalue weighted by molar-refractivity contribution is -0.121. The Morgan fingerprint density at radius 3 is 2.53 bits per heavy atom. The van der Waals surface area contributed by atoms with Gasteiger partial charge in [0.05, 0.1) is 11.7 Å². The molecule has 2 aromatic heterocycles. The number of ether oxygens (including phenoxy) is 1. The minimum Gasteiger partial charge on any atom is -0.489 e. The number of benzene rings is 1. The molecule has 0 aliphatic carbocycles. The fraction of sp³-hybridized carbons (Fsp3) is 0.464. The third-order valence-electron chi connectivity index (χ3n) is 6.96. The van der Waals surface area contributed by atoms with E-state index in [2.05, 4.69) is 25.8 Å². The van der Waals surface area contributed by atoms with Gasteiger partial charge >= 0.3 is 6.09 Å². The van der Waals surface area contributed by atoms with Crippen LogP contribution in [-0.4, -0.2) is 57.3 Å². The zero-order valence-electron chi connectivity index (χ0n) is 21.9. The van der Waals surface area contributed by atoms with Crippen LogP contribution in [0.25, 0.3) is 16.7 Å². The number of amides is 2. The number of pyridine rings is 1. The molecule has 192 valence electrons. The van der Waals surface area contributed by atoms with Gasteiger partial charge in [-0.25, -0.2) is 9.78 Å². The highest BCUT2D eigenvalue weighted by molar-refractivity contribution is 5.96. The number of piperidine rings is 1. The number of fused-ring (bicyclic) bond motifs is 1. The molecule has 1 saturated heterocycles. The molecule has 0 bridgehead atoms. The Morgan fingerprint density at radius 2 is 1.92 bits per heavy atom. The molecule has 1 aliphatic rings. The van der Waals surface area contributed by atoms with E-state index < -0.39 is 6.09 Å². The first-order chi connectivity index (χ1) is 17.0. The van der Waals surface area contributed by atoms with Crippen LogP contribution in [0.5, 0.6) is 5.75 Å². The maximum Gasteiger partial charge on any atom is 0.407 e. The summed E-state index contributed by atoms with van der Waals surface area (Å²) in [5, 5.41) is 10.6. The third kappa shape index (κ3) is 5.17. The van der Waals surface area contributed by atoms with Crippen molar-refractivity contribution >= 4 is 28.6 Å². The topological polar surface area (TPSA) is 87.9 Å². The number of hydrogen-bond donors (Lipinski definition) is 1. The van der Waals surface area contributed by atoms with E-state index >= 15 is 0 Å². The Labute approximate surface area is 212 Å². The summed E-state index contributed by atoms with van der Waals surface area (Å²) in [7, 11) is 1.80. The van der Waals surface area contributed by atoms with Crippen molar-refractivity contribution in [2.45, 2.75) is 59.6 Å². The molecule has 3 heterocycles. The zero-order valence-corrected chi connectivity index (χ0v) is 21.9. The molecule has 1 N–H and O–H groups in total. The van der Waals surface area contributed by atoms with Gasteiger partial charge < -0.3 is 24.2 Å². The maximum atomic E-state index is 12.4. The molecule has 8 heteroatoms. The summed E-state index contributed by atoms with van der Waals surface area (Å²) < 4.78 is 8.23. The number of rotatable bonds is 5. The Balaban J connectivity index is 1.48. The summed E-state index contributed by atoms with van der Waals surface area (Å²) in [6.07, 6.45) is 4.06. The largest absolute Gasteiger partial charge is 0.489 e. The second-order valence-electron chi connectivity index (χ2n) is 11.0. The van der Waals surface area contributed by atoms with E-state index in [4.69, 9.17) is 4.74 Å². The van der Waals surface area contributed by atoms with Crippen LogP contribution in [0, 0.1) is 11.3 Å². The average Bonchev–Trinajstić information content (AvgIpc) is 3.26. The molecule has 36 heavy (non-hydrogen) atoms. The molecule has 4 rings (SSSR count). The van der Waals surface area contributed by atoms with Crippen molar-refractivity contribution in [2.24, 2.45) is 11.3 Å². The second-order valence-corrected chi connectivity index (χ2v) is 11.0. The predicted molar refractivity (Wildman–Crippen MR) is 141 cm³/mol. The fourth-order valence-corrected chi connectivity index (χ4v) is 4.92. The number of nitrogens with zero attached hydrogens (tertiary/aromatic N) is 4. The number of likely N-dealkylation sites (tertiary alicyclic amines) is 1. The van der Waals surface area contributed by atoms with Crippen molar-refractivity contribution in [2.75, 3.05) is 18.5 Å². The molecule has 2 unspecified atom stereocenters. The van der Waals surface area contributed by atoms with Gasteiger partial charge in [0, 0.05) is 55.7 Å². The highest BCUT2D eigenvalue weighted by atomic mass is 16.5. The van der Waals surface area contributed by atoms with Crippen LogP contribution < -0.4 is 9.64 Å². The lowest BCUT2D eigenvalue weighted by atomic mass is 9.80. The normalized spacial score (nSPS) is 18.5. The number of carbonyl (C=O) groups excluding carboxylic acids is 1. The summed E-state index contributed by atoms with van der Waals surface area (Å²) in [6.45, 7) is 10.5. The molecule has 1 fully saturated rings. The van der Waals surface area contributed by atoms with Crippen LogP contribution >= 0.6 is 0 Å². The first kappa shape index (κ1) is 25.5. The monoisotopic (exact) mass is 492 g/mol. The Hall–Kier alpha value is -3.55. The molecule has 2 atom stereocenters. The number of carboxylic acid groups (broad SMARTS) is 1. The molecule has 0 spiro atoms. The second kappa shape index (κ2) is 9.84. The van der Waals surface area contributed by atoms with Gasteiger partial charge in [-0.3, -0.25) is 4.79 Å². The van der Waals surface area contributed by atoms with E-state index in [1.54, 1.807) is 23.0 Å². The molecular formula is C28H36N4O4. The quantitative estimate of drug-likeness (QED) is 0.502. The first-order valence-corrected chi connectivity index (χ1v) is 12.5. The highest BCUT2D eigenvalue weighted by Gasteiger charge is 2.39. The maximum absolute atomic E-state index is 12.4. The van der Waals surface area contributed by atoms with Crippen LogP contribution in [0.15, 0.2) is 48.8 Å². The van der Waals surface area contributed by atoms with Crippen LogP contribution in [0.2, 0.25) is 0 Å². The smallest absolute Gasteiger partial charge is 0.407 e. The summed E-state index contributed by atoms with van der Waals surface area (Å²) in [5.74, 6) is 1.45. The Bertz CT molecular complexity index is 1240. The van der Waals surface area contributed by atoms with Crippen molar-refractivity contribution in [1.82, 2.24) is 14.5 Å². The third-order valence-corrected chi connectivity index (χ3v) is 6.96. The summed E-state index contributed by atoms with van der Waals surface area (Å²) in [5.41, 5.74) is 1.69. The van der Waals surface area contributed by atoms with Gasteiger partial charge in [-0.15, -0.1) is 0 Å². The molecule has 1 aromatic carbocycles. The minimum absolute atomic E-state index is 0.0613. The van der Waals surface area contributed by atoms with Crippen molar-refractivity contribution in [3.8, 4) is 11.6 Å². The molecule has 0 radical (unpaired) electrons. The van der Waals surface area contributed by atoms with Crippen LogP contribution in [0.1, 0.15) is 47.5 Å². The highest BCUT2D eigenvalue weighted by Crippen LogP contribution is 2.34. The SMILES string of the molecule is CC(C)C(=O)N(C)c1ccc2c(ccn2-c2ccc(OC3CCN(C(=O)O)C(C(C)(C)C)C3)cn2)c1. The van der Waals surface area contributed by atoms with Gasteiger partial charge in [0.1, 0.15) is 17.7 Å². The molecule has 2 amide bonds. The molecule has 3 aromatic rings. The van der Waals surface area contributed by atoms with Crippen molar-refractivity contribution in [3.05, 3.63) is 48.8 Å². The minimum atomic E-state index is -0.872. The van der Waals surface area contributed by atoms with Gasteiger partial charge in [-0.2, -0.15) is 0 Å². The van der Waals surface area contributed by atoms with E-state index in [1.165, 1.54) is 0 Å². The average molecular weight is 493 g/mol. The van der Waals surface area contributed by atoms with E-state index in [0.29, 0.717) is 25.1 Å². The van der Waals surface area contributed by atoms with E-state index in [1.807, 2.05) is 61.0 Å². The van der Waals surface area contributed by atoms with E-state index in [-0.39, 0.29) is 29.4 Å². The van der Waals surface area contributed by atoms with Gasteiger partial charge in [0.2, 0.25) is 5.91 Å². The lowest BCUT2D eigenvalue weighted by Crippen LogP contribution is -2.53. The molecule has 8 nitrogen and oxygen atoms in total. The van der Waals surface area contributed by atoms with Gasteiger partial charge in [-0.1, -0.05) is 34.6 Å². The van der Waals surface area contributed by atoms with Gasteiger partial charge in [-0.05, 0) is 41.8 Å². The van der Waals surface area contributed by atoms with Crippen LogP contribution in [0.3, 0.4) is 0 Å². The standard InChI is InChI=1S/C28H36N4O4/c1-18(2)26(33)30(6)20-7-9-23-19(15-20)11-13-31(23)25-10-8-22(17-29-25)36-21-12-14-32(27(34)35)24(16-21)28(3,4)5/h7-11,13,15,17-18,21,24H,12,14,16H2,1-6H3,(H,34,35). The van der Waals surface area contributed by atoms with Crippen LogP contribution in [0.4, 0.5) is 10.5 Å². The van der Waals surface area contributed by atoms with E-state index in [0.717, 1.165) is 22.4 Å². The summed E-state index contributed by atoms with van der Waals surface area (Å²) >= 11 is 0. The van der Waals surface area contributed by atoms with Gasteiger partial charge in [0.15, 0.2) is 0 Å². The van der Waals surface area contributed by atoms with E-state index in [9.17, 15) is 14.7 Å². The number of carbonyl (C=O) groups is 2. The summed E-state index contributed by atoms with van der Waals surface area (Å²) in [4.78, 5) is 31.9. The molecular weight excluding hydrogens is 456 g/mol. The van der Waals surface area contributed by atoms with Crippen molar-refractivity contribution < 1.29 is 19.4 Å². The van der Waals surface area contributed by atoms with Crippen molar-refractivity contribution in [1.29, 1.82) is 0 Å².